The molecule has 0 aromatic heterocycles. The van der Waals surface area contributed by atoms with Gasteiger partial charge in [-0.3, -0.25) is 10.1 Å². The zero-order chi connectivity index (χ0) is 14.9. The van der Waals surface area contributed by atoms with Crippen LogP contribution in [-0.4, -0.2) is 60.4 Å². The van der Waals surface area contributed by atoms with Crippen LogP contribution in [0.4, 0.5) is 0 Å². The van der Waals surface area contributed by atoms with E-state index in [1.54, 1.807) is 0 Å². The third-order valence-electron chi connectivity index (χ3n) is 5.01. The van der Waals surface area contributed by atoms with E-state index in [2.05, 4.69) is 28.2 Å². The number of likely N-dealkylation sites (N-methyl/N-ethyl adjacent to an activating group) is 1. The van der Waals surface area contributed by atoms with Crippen LogP contribution in [-0.2, 0) is 4.79 Å². The zero-order valence-electron chi connectivity index (χ0n) is 12.6. The van der Waals surface area contributed by atoms with E-state index < -0.39 is 11.5 Å². The topological polar surface area (TPSA) is 71.7 Å². The van der Waals surface area contributed by atoms with Crippen molar-refractivity contribution < 1.29 is 4.79 Å². The van der Waals surface area contributed by atoms with Crippen LogP contribution in [0.15, 0.2) is 4.99 Å². The van der Waals surface area contributed by atoms with Gasteiger partial charge in [0.25, 0.3) is 0 Å². The maximum atomic E-state index is 12.4. The molecule has 0 unspecified atom stereocenters. The van der Waals surface area contributed by atoms with Gasteiger partial charge in [-0.25, -0.2) is 4.99 Å². The molecular weight excluding hydrogens is 266 g/mol. The number of nitrogens with one attached hydrogen (secondary N) is 1. The van der Waals surface area contributed by atoms with Crippen molar-refractivity contribution in [1.82, 2.24) is 15.1 Å². The van der Waals surface area contributed by atoms with Crippen LogP contribution in [0, 0.1) is 17.2 Å². The van der Waals surface area contributed by atoms with Crippen molar-refractivity contribution in [3.05, 3.63) is 0 Å². The maximum Gasteiger partial charge on any atom is 0.246 e. The molecule has 114 valence electrons. The highest BCUT2D eigenvalue weighted by molar-refractivity contribution is 6.02. The maximum absolute atomic E-state index is 12.4. The van der Waals surface area contributed by atoms with Gasteiger partial charge in [0.2, 0.25) is 11.9 Å². The first-order chi connectivity index (χ1) is 10.1. The Hall–Kier alpha value is -1.61. The van der Waals surface area contributed by atoms with E-state index in [4.69, 9.17) is 4.99 Å². The summed E-state index contributed by atoms with van der Waals surface area (Å²) in [4.78, 5) is 21.7. The van der Waals surface area contributed by atoms with E-state index in [1.807, 2.05) is 0 Å². The molecule has 1 spiro atoms. The van der Waals surface area contributed by atoms with Gasteiger partial charge in [0.05, 0.1) is 11.6 Å². The number of piperazine rings is 1. The van der Waals surface area contributed by atoms with Gasteiger partial charge in [-0.05, 0) is 19.9 Å². The average molecular weight is 289 g/mol. The molecule has 0 bridgehead atoms. The van der Waals surface area contributed by atoms with Crippen LogP contribution in [0.25, 0.3) is 0 Å². The molecule has 1 atom stereocenters. The van der Waals surface area contributed by atoms with Crippen molar-refractivity contribution in [3.63, 3.8) is 0 Å². The van der Waals surface area contributed by atoms with Crippen molar-refractivity contribution in [1.29, 1.82) is 5.26 Å². The molecular formula is C15H23N5O. The molecule has 3 rings (SSSR count). The lowest BCUT2D eigenvalue weighted by Crippen LogP contribution is -2.60. The molecule has 2 aliphatic heterocycles. The Morgan fingerprint density at radius 3 is 2.52 bits per heavy atom. The number of guanidine groups is 1. The summed E-state index contributed by atoms with van der Waals surface area (Å²) in [7, 11) is 2.10. The number of nitrogens with zero attached hydrogens (tertiary/aromatic N) is 4. The highest BCUT2D eigenvalue weighted by Crippen LogP contribution is 2.39. The number of carbonyl (C=O) groups is 1. The first-order valence-electron chi connectivity index (χ1n) is 7.88. The predicted molar refractivity (Wildman–Crippen MR) is 79.6 cm³/mol. The molecule has 0 radical (unpaired) electrons. The summed E-state index contributed by atoms with van der Waals surface area (Å²) in [5.41, 5.74) is -0.478. The summed E-state index contributed by atoms with van der Waals surface area (Å²) >= 11 is 0. The first kappa shape index (κ1) is 14.3. The largest absolute Gasteiger partial charge is 0.340 e. The number of amides is 1. The second-order valence-corrected chi connectivity index (χ2v) is 6.44. The number of rotatable bonds is 0. The fourth-order valence-corrected chi connectivity index (χ4v) is 3.64. The monoisotopic (exact) mass is 289 g/mol. The van der Waals surface area contributed by atoms with Gasteiger partial charge in [-0.15, -0.1) is 0 Å². The summed E-state index contributed by atoms with van der Waals surface area (Å²) < 4.78 is 0. The minimum Gasteiger partial charge on any atom is -0.340 e. The van der Waals surface area contributed by atoms with Crippen LogP contribution in [0.2, 0.25) is 0 Å². The van der Waals surface area contributed by atoms with Crippen molar-refractivity contribution in [2.24, 2.45) is 10.9 Å². The molecule has 2 heterocycles. The Balaban J connectivity index is 1.87. The Bertz CT molecular complexity index is 481. The molecule has 6 heteroatoms. The van der Waals surface area contributed by atoms with Crippen LogP contribution < -0.4 is 5.32 Å². The number of nitriles is 1. The van der Waals surface area contributed by atoms with E-state index in [9.17, 15) is 10.1 Å². The third kappa shape index (κ3) is 2.62. The van der Waals surface area contributed by atoms with E-state index in [0.717, 1.165) is 51.9 Å². The van der Waals surface area contributed by atoms with Crippen molar-refractivity contribution in [2.45, 2.75) is 37.6 Å². The van der Waals surface area contributed by atoms with E-state index in [0.29, 0.717) is 5.96 Å². The van der Waals surface area contributed by atoms with Gasteiger partial charge < -0.3 is 9.80 Å². The van der Waals surface area contributed by atoms with E-state index in [1.165, 1.54) is 6.42 Å². The summed E-state index contributed by atoms with van der Waals surface area (Å²) in [6.45, 7) is 3.71. The Morgan fingerprint density at radius 2 is 1.90 bits per heavy atom. The average Bonchev–Trinajstić information content (AvgIpc) is 2.48. The number of hydrogen-bond donors (Lipinski definition) is 1. The summed E-state index contributed by atoms with van der Waals surface area (Å²) in [5, 5.41) is 12.3. The van der Waals surface area contributed by atoms with Crippen LogP contribution in [0.3, 0.4) is 0 Å². The molecule has 3 aliphatic rings. The van der Waals surface area contributed by atoms with E-state index >= 15 is 0 Å². The quantitative estimate of drug-likeness (QED) is 0.707. The smallest absolute Gasteiger partial charge is 0.246 e. The van der Waals surface area contributed by atoms with Crippen LogP contribution >= 0.6 is 0 Å². The van der Waals surface area contributed by atoms with E-state index in [-0.39, 0.29) is 5.91 Å². The molecule has 1 N–H and O–H groups in total. The molecule has 0 aromatic carbocycles. The lowest BCUT2D eigenvalue weighted by molar-refractivity contribution is -0.125. The zero-order valence-corrected chi connectivity index (χ0v) is 12.6. The highest BCUT2D eigenvalue weighted by atomic mass is 16.2. The molecule has 2 fully saturated rings. The van der Waals surface area contributed by atoms with Gasteiger partial charge in [0.1, 0.15) is 0 Å². The summed E-state index contributed by atoms with van der Waals surface area (Å²) in [6.07, 6.45) is 5.02. The fourth-order valence-electron chi connectivity index (χ4n) is 3.64. The second-order valence-electron chi connectivity index (χ2n) is 6.44. The van der Waals surface area contributed by atoms with Gasteiger partial charge in [0, 0.05) is 26.2 Å². The molecule has 1 saturated carbocycles. The standard InChI is InChI=1S/C15H23N5O/c1-19-7-9-20(10-8-19)14-17-13(21)12(11-16)15(18-14)5-3-2-4-6-15/h12H,2-10H2,1H3,(H,17,18,21)/t12-/m1/s1. The molecule has 1 aliphatic carbocycles. The Labute approximate surface area is 125 Å². The fraction of sp³-hybridized carbons (Fsp3) is 0.800. The molecule has 6 nitrogen and oxygen atoms in total. The highest BCUT2D eigenvalue weighted by Gasteiger charge is 2.48. The molecule has 1 saturated heterocycles. The first-order valence-corrected chi connectivity index (χ1v) is 7.88. The molecule has 1 amide bonds. The number of carbonyl (C=O) groups excluding carboxylic acids is 1. The number of hydrogen-bond acceptors (Lipinski definition) is 5. The second kappa shape index (κ2) is 5.64. The lowest BCUT2D eigenvalue weighted by atomic mass is 9.72. The predicted octanol–water partition coefficient (Wildman–Crippen LogP) is 0.562. The van der Waals surface area contributed by atoms with Gasteiger partial charge in [0.15, 0.2) is 5.92 Å². The molecule has 0 aromatic rings. The van der Waals surface area contributed by atoms with Crippen molar-refractivity contribution >= 4 is 11.9 Å². The third-order valence-corrected chi connectivity index (χ3v) is 5.01. The normalized spacial score (nSPS) is 29.7. The summed E-state index contributed by atoms with van der Waals surface area (Å²) in [6, 6.07) is 2.20. The van der Waals surface area contributed by atoms with Crippen molar-refractivity contribution in [2.75, 3.05) is 33.2 Å². The Morgan fingerprint density at radius 1 is 1.24 bits per heavy atom. The van der Waals surface area contributed by atoms with Crippen LogP contribution in [0.1, 0.15) is 32.1 Å². The minimum atomic E-state index is -0.631. The van der Waals surface area contributed by atoms with Gasteiger partial charge in [-0.2, -0.15) is 5.26 Å². The summed E-state index contributed by atoms with van der Waals surface area (Å²) in [5.74, 6) is -0.0983. The van der Waals surface area contributed by atoms with Crippen LogP contribution in [0.5, 0.6) is 0 Å². The SMILES string of the molecule is CN1CCN(C2=NC3(CCCCC3)[C@H](C#N)C(=O)N2)CC1. The minimum absolute atomic E-state index is 0.164. The molecule has 21 heavy (non-hydrogen) atoms. The van der Waals surface area contributed by atoms with Gasteiger partial charge >= 0.3 is 0 Å². The van der Waals surface area contributed by atoms with Crippen molar-refractivity contribution in [3.8, 4) is 6.07 Å². The van der Waals surface area contributed by atoms with Gasteiger partial charge in [-0.1, -0.05) is 19.3 Å². The Kier molecular flexibility index (Phi) is 3.85. The number of aliphatic imine (C=N–C) groups is 1. The lowest BCUT2D eigenvalue weighted by Gasteiger charge is -2.43.